The largest absolute Gasteiger partial charge is 0.370 e. The molecule has 0 aliphatic carbocycles. The van der Waals surface area contributed by atoms with E-state index in [1.54, 1.807) is 6.08 Å². The fourth-order valence-electron chi connectivity index (χ4n) is 2.69. The third kappa shape index (κ3) is 52.0. The number of hydrogen-bond acceptors (Lipinski definition) is 2. The Balaban J connectivity index is -0.000000197. The van der Waals surface area contributed by atoms with Gasteiger partial charge >= 0.3 is 0 Å². The lowest BCUT2D eigenvalue weighted by atomic mass is 10.0. The highest BCUT2D eigenvalue weighted by Crippen LogP contribution is 2.11. The van der Waals surface area contributed by atoms with Gasteiger partial charge in [0.1, 0.15) is 0 Å². The fourth-order valence-corrected chi connectivity index (χ4v) is 2.69. The lowest BCUT2D eigenvalue weighted by molar-refractivity contribution is -0.117. The first kappa shape index (κ1) is 42.8. The normalized spacial score (nSPS) is 11.8. The molecule has 0 saturated heterocycles. The average Bonchev–Trinajstić information content (AvgIpc) is 2.70. The standard InChI is InChI=1S/C9H16O.C9H20.C8H18.C7H17N3/c1-7(2)5-6-9(10)8(3)4;1-8(2)6-5-7-9(3)4;1-7(2)5-6-8(3)4;1-5(2)9-7(8)10-6(3)4/h5-8H,1-4H3;8-9H,5-7H2,1-4H3;7-8H,5-6H2,1-4H3;5-6H,1-4H3,(H3,8,9,10)/b6-5+;;;. The predicted molar refractivity (Wildman–Crippen MR) is 171 cm³/mol. The predicted octanol–water partition coefficient (Wildman–Crippen LogP) is 9.68. The zero-order valence-electron chi connectivity index (χ0n) is 28.2. The first-order valence-corrected chi connectivity index (χ1v) is 15.1. The van der Waals surface area contributed by atoms with E-state index < -0.39 is 0 Å². The van der Waals surface area contributed by atoms with E-state index in [1.807, 2.05) is 47.6 Å². The second kappa shape index (κ2) is 27.7. The van der Waals surface area contributed by atoms with E-state index in [4.69, 9.17) is 5.73 Å². The SMILES string of the molecule is CC(C)/C=C/C(=O)C(C)C.CC(C)CCC(C)C.CC(C)CCCC(C)C.CC(C)N=C(N)NC(C)C. The van der Waals surface area contributed by atoms with Gasteiger partial charge in [0.15, 0.2) is 11.7 Å². The topological polar surface area (TPSA) is 67.5 Å². The van der Waals surface area contributed by atoms with E-state index in [-0.39, 0.29) is 17.7 Å². The van der Waals surface area contributed by atoms with Crippen molar-refractivity contribution in [3.8, 4) is 0 Å². The molecule has 0 aromatic rings. The number of nitrogens with one attached hydrogen (secondary N) is 1. The summed E-state index contributed by atoms with van der Waals surface area (Å²) in [6.07, 6.45) is 10.6. The van der Waals surface area contributed by atoms with Crippen molar-refractivity contribution >= 4 is 11.7 Å². The smallest absolute Gasteiger partial charge is 0.189 e. The number of nitrogens with two attached hydrogens (primary N) is 1. The van der Waals surface area contributed by atoms with Gasteiger partial charge in [0.05, 0.1) is 0 Å². The molecule has 0 heterocycles. The Labute approximate surface area is 235 Å². The zero-order chi connectivity index (χ0) is 30.1. The molecule has 0 radical (unpaired) electrons. The highest BCUT2D eigenvalue weighted by Gasteiger charge is 2.01. The number of carbonyl (C=O) groups excluding carboxylic acids is 1. The van der Waals surface area contributed by atoms with Gasteiger partial charge in [0.2, 0.25) is 0 Å². The molecule has 0 aliphatic rings. The molecule has 0 saturated carbocycles. The minimum atomic E-state index is 0.134. The summed E-state index contributed by atoms with van der Waals surface area (Å²) in [5, 5.41) is 3.00. The van der Waals surface area contributed by atoms with Gasteiger partial charge < -0.3 is 11.1 Å². The van der Waals surface area contributed by atoms with Crippen molar-refractivity contribution < 1.29 is 4.79 Å². The molecule has 0 fully saturated rings. The van der Waals surface area contributed by atoms with Crippen molar-refractivity contribution in [2.45, 2.75) is 155 Å². The third-order valence-electron chi connectivity index (χ3n) is 4.93. The van der Waals surface area contributed by atoms with E-state index >= 15 is 0 Å². The van der Waals surface area contributed by atoms with Gasteiger partial charge in [-0.3, -0.25) is 9.79 Å². The Morgan fingerprint density at radius 3 is 1.30 bits per heavy atom. The van der Waals surface area contributed by atoms with Crippen LogP contribution in [0.3, 0.4) is 0 Å². The first-order chi connectivity index (χ1) is 16.8. The summed E-state index contributed by atoms with van der Waals surface area (Å²) < 4.78 is 0. The molecular formula is C33H71N3O. The van der Waals surface area contributed by atoms with Crippen LogP contribution in [0.4, 0.5) is 0 Å². The molecule has 4 heteroatoms. The minimum absolute atomic E-state index is 0.134. The van der Waals surface area contributed by atoms with Gasteiger partial charge in [-0.2, -0.15) is 0 Å². The van der Waals surface area contributed by atoms with Gasteiger partial charge in [-0.05, 0) is 63.4 Å². The summed E-state index contributed by atoms with van der Waals surface area (Å²) in [5.41, 5.74) is 5.51. The van der Waals surface area contributed by atoms with Gasteiger partial charge in [0, 0.05) is 18.0 Å². The van der Waals surface area contributed by atoms with Crippen molar-refractivity contribution in [2.24, 2.45) is 46.2 Å². The molecule has 0 amide bonds. The van der Waals surface area contributed by atoms with Crippen LogP contribution in [-0.4, -0.2) is 23.8 Å². The maximum atomic E-state index is 11.0. The minimum Gasteiger partial charge on any atom is -0.370 e. The van der Waals surface area contributed by atoms with Gasteiger partial charge in [0.25, 0.3) is 0 Å². The number of hydrogen-bond donors (Lipinski definition) is 2. The maximum absolute atomic E-state index is 11.0. The fraction of sp³-hybridized carbons (Fsp3) is 0.879. The van der Waals surface area contributed by atoms with Gasteiger partial charge in [-0.25, -0.2) is 0 Å². The average molecular weight is 526 g/mol. The molecule has 0 atom stereocenters. The molecule has 224 valence electrons. The Morgan fingerprint density at radius 1 is 0.676 bits per heavy atom. The van der Waals surface area contributed by atoms with Crippen molar-refractivity contribution in [3.05, 3.63) is 12.2 Å². The third-order valence-corrected chi connectivity index (χ3v) is 4.93. The molecule has 0 unspecified atom stereocenters. The van der Waals surface area contributed by atoms with Crippen LogP contribution in [0, 0.1) is 35.5 Å². The number of allylic oxidation sites excluding steroid dienone is 2. The highest BCUT2D eigenvalue weighted by atomic mass is 16.1. The molecule has 3 N–H and O–H groups in total. The number of aliphatic imine (C=N–C) groups is 1. The van der Waals surface area contributed by atoms with Crippen molar-refractivity contribution in [1.82, 2.24) is 5.32 Å². The Hall–Kier alpha value is -1.32. The first-order valence-electron chi connectivity index (χ1n) is 15.1. The van der Waals surface area contributed by atoms with Gasteiger partial charge in [-0.15, -0.1) is 0 Å². The van der Waals surface area contributed by atoms with Crippen LogP contribution in [0.5, 0.6) is 0 Å². The molecule has 37 heavy (non-hydrogen) atoms. The van der Waals surface area contributed by atoms with Crippen LogP contribution in [0.15, 0.2) is 17.1 Å². The van der Waals surface area contributed by atoms with Crippen LogP contribution >= 0.6 is 0 Å². The second-order valence-corrected chi connectivity index (χ2v) is 13.2. The number of carbonyl (C=O) groups is 1. The Kier molecular flexibility index (Phi) is 32.0. The van der Waals surface area contributed by atoms with E-state index in [0.717, 1.165) is 23.7 Å². The Bertz CT molecular complexity index is 526. The number of nitrogens with zero attached hydrogens (tertiary/aromatic N) is 1. The molecular weight excluding hydrogens is 454 g/mol. The van der Waals surface area contributed by atoms with E-state index in [2.05, 4.69) is 79.5 Å². The summed E-state index contributed by atoms with van der Waals surface area (Å²) in [7, 11) is 0. The van der Waals surface area contributed by atoms with Crippen molar-refractivity contribution in [2.75, 3.05) is 0 Å². The monoisotopic (exact) mass is 526 g/mol. The van der Waals surface area contributed by atoms with Crippen LogP contribution in [0.1, 0.15) is 143 Å². The lowest BCUT2D eigenvalue weighted by Crippen LogP contribution is -2.37. The molecule has 0 aliphatic heterocycles. The molecule has 0 spiro atoms. The quantitative estimate of drug-likeness (QED) is 0.151. The number of ketones is 1. The van der Waals surface area contributed by atoms with Crippen molar-refractivity contribution in [3.63, 3.8) is 0 Å². The summed E-state index contributed by atoms with van der Waals surface area (Å²) in [4.78, 5) is 15.1. The Morgan fingerprint density at radius 2 is 1.05 bits per heavy atom. The molecule has 4 nitrogen and oxygen atoms in total. The van der Waals surface area contributed by atoms with Crippen LogP contribution in [0.25, 0.3) is 0 Å². The van der Waals surface area contributed by atoms with Crippen LogP contribution in [0.2, 0.25) is 0 Å². The van der Waals surface area contributed by atoms with E-state index in [0.29, 0.717) is 17.9 Å². The molecule has 0 aromatic carbocycles. The molecule has 0 aromatic heterocycles. The van der Waals surface area contributed by atoms with Crippen molar-refractivity contribution in [1.29, 1.82) is 0 Å². The maximum Gasteiger partial charge on any atom is 0.189 e. The molecule has 0 bridgehead atoms. The van der Waals surface area contributed by atoms with Gasteiger partial charge in [-0.1, -0.05) is 121 Å². The summed E-state index contributed by atoms with van der Waals surface area (Å²) in [6.45, 7) is 34.3. The van der Waals surface area contributed by atoms with E-state index in [1.165, 1.54) is 32.1 Å². The van der Waals surface area contributed by atoms with Crippen LogP contribution < -0.4 is 11.1 Å². The number of rotatable bonds is 12. The highest BCUT2D eigenvalue weighted by molar-refractivity contribution is 5.91. The second-order valence-electron chi connectivity index (χ2n) is 13.2. The summed E-state index contributed by atoms with van der Waals surface area (Å²) >= 11 is 0. The number of guanidine groups is 1. The summed E-state index contributed by atoms with van der Waals surface area (Å²) in [6, 6.07) is 0.633. The zero-order valence-corrected chi connectivity index (χ0v) is 28.2. The molecule has 0 rings (SSSR count). The summed E-state index contributed by atoms with van der Waals surface area (Å²) in [5.74, 6) is 4.92. The lowest BCUT2D eigenvalue weighted by Gasteiger charge is -2.09. The van der Waals surface area contributed by atoms with E-state index in [9.17, 15) is 4.79 Å². The van der Waals surface area contributed by atoms with Crippen LogP contribution in [-0.2, 0) is 4.79 Å².